The number of halogens is 1. The minimum absolute atomic E-state index is 0.194. The highest BCUT2D eigenvalue weighted by molar-refractivity contribution is 7.86. The van der Waals surface area contributed by atoms with Crippen LogP contribution in [0.4, 0.5) is 4.39 Å². The van der Waals surface area contributed by atoms with Crippen LogP contribution < -0.4 is 0 Å². The van der Waals surface area contributed by atoms with Crippen LogP contribution in [0.1, 0.15) is 6.92 Å². The minimum Gasteiger partial charge on any atom is -0.480 e. The molecule has 0 saturated carbocycles. The third kappa shape index (κ3) is 2.38. The maximum absolute atomic E-state index is 12.7. The zero-order chi connectivity index (χ0) is 10.7. The van der Waals surface area contributed by atoms with Gasteiger partial charge in [0.25, 0.3) is 0 Å². The van der Waals surface area contributed by atoms with Crippen molar-refractivity contribution in [3.05, 3.63) is 30.1 Å². The predicted molar refractivity (Wildman–Crippen MR) is 49.9 cm³/mol. The lowest BCUT2D eigenvalue weighted by atomic mass is 10.3. The predicted octanol–water partition coefficient (Wildman–Crippen LogP) is 1.41. The molecular weight excluding hydrogens is 207 g/mol. The smallest absolute Gasteiger partial charge is 0.319 e. The molecule has 1 N–H and O–H groups in total. The van der Waals surface area contributed by atoms with Crippen molar-refractivity contribution in [3.63, 3.8) is 0 Å². The monoisotopic (exact) mass is 216 g/mol. The summed E-state index contributed by atoms with van der Waals surface area (Å²) in [6.07, 6.45) is 0. The normalized spacial score (nSPS) is 14.7. The topological polar surface area (TPSA) is 54.4 Å². The Hall–Kier alpha value is -1.23. The summed E-state index contributed by atoms with van der Waals surface area (Å²) in [6.45, 7) is 1.32. The van der Waals surface area contributed by atoms with Crippen LogP contribution in [0.15, 0.2) is 29.2 Å². The van der Waals surface area contributed by atoms with Crippen LogP contribution in [0.3, 0.4) is 0 Å². The van der Waals surface area contributed by atoms with Crippen molar-refractivity contribution in [1.29, 1.82) is 0 Å². The van der Waals surface area contributed by atoms with E-state index in [9.17, 15) is 13.4 Å². The van der Waals surface area contributed by atoms with Crippen molar-refractivity contribution in [3.8, 4) is 0 Å². The molecule has 76 valence electrons. The third-order valence-corrected chi connectivity index (χ3v) is 3.26. The highest BCUT2D eigenvalue weighted by atomic mass is 32.2. The van der Waals surface area contributed by atoms with Gasteiger partial charge >= 0.3 is 5.97 Å². The van der Waals surface area contributed by atoms with E-state index in [0.717, 1.165) is 6.07 Å². The van der Waals surface area contributed by atoms with Crippen molar-refractivity contribution in [2.75, 3.05) is 0 Å². The standard InChI is InChI=1S/C9H9FO3S/c1-6(9(11)12)14(13)8-4-2-3-7(10)5-8/h2-6H,1H3,(H,11,12). The zero-order valence-corrected chi connectivity index (χ0v) is 8.25. The van der Waals surface area contributed by atoms with Crippen molar-refractivity contribution in [2.24, 2.45) is 0 Å². The summed E-state index contributed by atoms with van der Waals surface area (Å²) in [5, 5.41) is 7.57. The summed E-state index contributed by atoms with van der Waals surface area (Å²) in [5.41, 5.74) is 0. The van der Waals surface area contributed by atoms with Gasteiger partial charge in [-0.1, -0.05) is 6.07 Å². The average molecular weight is 216 g/mol. The molecule has 0 radical (unpaired) electrons. The van der Waals surface area contributed by atoms with E-state index < -0.39 is 27.8 Å². The number of carboxylic acid groups (broad SMARTS) is 1. The fraction of sp³-hybridized carbons (Fsp3) is 0.222. The van der Waals surface area contributed by atoms with Gasteiger partial charge in [0.15, 0.2) is 0 Å². The highest BCUT2D eigenvalue weighted by Crippen LogP contribution is 2.12. The number of aliphatic carboxylic acids is 1. The Bertz CT molecular complexity index is 378. The van der Waals surface area contributed by atoms with Gasteiger partial charge in [-0.3, -0.25) is 9.00 Å². The number of rotatable bonds is 3. The highest BCUT2D eigenvalue weighted by Gasteiger charge is 2.20. The fourth-order valence-electron chi connectivity index (χ4n) is 0.888. The lowest BCUT2D eigenvalue weighted by molar-refractivity contribution is -0.136. The molecule has 0 aliphatic heterocycles. The van der Waals surface area contributed by atoms with Crippen LogP contribution >= 0.6 is 0 Å². The fourth-order valence-corrected chi connectivity index (χ4v) is 1.92. The molecule has 0 fully saturated rings. The average Bonchev–Trinajstić information content (AvgIpc) is 2.15. The van der Waals surface area contributed by atoms with Crippen molar-refractivity contribution < 1.29 is 18.5 Å². The largest absolute Gasteiger partial charge is 0.480 e. The van der Waals surface area contributed by atoms with E-state index in [1.54, 1.807) is 0 Å². The minimum atomic E-state index is -1.71. The molecule has 0 spiro atoms. The Morgan fingerprint density at radius 3 is 2.71 bits per heavy atom. The number of hydrogen-bond donors (Lipinski definition) is 1. The van der Waals surface area contributed by atoms with Gasteiger partial charge in [0.2, 0.25) is 0 Å². The van der Waals surface area contributed by atoms with Crippen molar-refractivity contribution >= 4 is 16.8 Å². The first-order chi connectivity index (χ1) is 6.52. The lowest BCUT2D eigenvalue weighted by Gasteiger charge is -2.05. The van der Waals surface area contributed by atoms with Crippen LogP contribution in [-0.2, 0) is 15.6 Å². The third-order valence-electron chi connectivity index (χ3n) is 1.70. The first-order valence-corrected chi connectivity index (χ1v) is 5.12. The molecule has 1 aromatic carbocycles. The lowest BCUT2D eigenvalue weighted by Crippen LogP contribution is -2.21. The van der Waals surface area contributed by atoms with Crippen LogP contribution in [0.2, 0.25) is 0 Å². The Kier molecular flexibility index (Phi) is 3.35. The van der Waals surface area contributed by atoms with Gasteiger partial charge in [-0.2, -0.15) is 0 Å². The van der Waals surface area contributed by atoms with Gasteiger partial charge in [0.05, 0.1) is 10.8 Å². The number of carboxylic acids is 1. The Morgan fingerprint density at radius 1 is 1.57 bits per heavy atom. The molecule has 2 atom stereocenters. The van der Waals surface area contributed by atoms with E-state index in [0.29, 0.717) is 0 Å². The maximum atomic E-state index is 12.7. The molecule has 0 aliphatic rings. The number of benzene rings is 1. The van der Waals surface area contributed by atoms with Gasteiger partial charge in [0, 0.05) is 4.90 Å². The molecule has 1 rings (SSSR count). The molecule has 0 saturated heterocycles. The maximum Gasteiger partial charge on any atom is 0.319 e. The Morgan fingerprint density at radius 2 is 2.21 bits per heavy atom. The van der Waals surface area contributed by atoms with Gasteiger partial charge in [0.1, 0.15) is 11.1 Å². The summed E-state index contributed by atoms with van der Waals surface area (Å²) >= 11 is 0. The molecule has 14 heavy (non-hydrogen) atoms. The molecule has 0 heterocycles. The summed E-state index contributed by atoms with van der Waals surface area (Å²) in [7, 11) is -1.71. The molecular formula is C9H9FO3S. The summed E-state index contributed by atoms with van der Waals surface area (Å²) < 4.78 is 24.2. The summed E-state index contributed by atoms with van der Waals surface area (Å²) in [6, 6.07) is 5.14. The van der Waals surface area contributed by atoms with E-state index in [-0.39, 0.29) is 4.90 Å². The zero-order valence-electron chi connectivity index (χ0n) is 7.44. The SMILES string of the molecule is CC(C(=O)O)S(=O)c1cccc(F)c1. The second-order valence-electron chi connectivity index (χ2n) is 2.74. The van der Waals surface area contributed by atoms with Gasteiger partial charge in [-0.05, 0) is 25.1 Å². The molecule has 3 nitrogen and oxygen atoms in total. The van der Waals surface area contributed by atoms with E-state index in [4.69, 9.17) is 5.11 Å². The van der Waals surface area contributed by atoms with Gasteiger partial charge < -0.3 is 5.11 Å². The van der Waals surface area contributed by atoms with Crippen LogP contribution in [0, 0.1) is 5.82 Å². The second-order valence-corrected chi connectivity index (χ2v) is 4.51. The van der Waals surface area contributed by atoms with Crippen LogP contribution in [-0.4, -0.2) is 20.5 Å². The molecule has 0 aromatic heterocycles. The quantitative estimate of drug-likeness (QED) is 0.831. The molecule has 2 unspecified atom stereocenters. The Labute approximate surface area is 83.0 Å². The van der Waals surface area contributed by atoms with Crippen molar-refractivity contribution in [1.82, 2.24) is 0 Å². The van der Waals surface area contributed by atoms with Crippen LogP contribution in [0.25, 0.3) is 0 Å². The molecule has 0 amide bonds. The van der Waals surface area contributed by atoms with Gasteiger partial charge in [-0.25, -0.2) is 4.39 Å². The van der Waals surface area contributed by atoms with E-state index >= 15 is 0 Å². The van der Waals surface area contributed by atoms with E-state index in [1.807, 2.05) is 0 Å². The first-order valence-electron chi connectivity index (χ1n) is 3.91. The number of hydrogen-bond acceptors (Lipinski definition) is 2. The molecule has 0 bridgehead atoms. The summed E-state index contributed by atoms with van der Waals surface area (Å²) in [4.78, 5) is 10.7. The Balaban J connectivity index is 2.95. The summed E-state index contributed by atoms with van der Waals surface area (Å²) in [5.74, 6) is -1.68. The second kappa shape index (κ2) is 4.32. The molecule has 5 heteroatoms. The van der Waals surface area contributed by atoms with Crippen LogP contribution in [0.5, 0.6) is 0 Å². The molecule has 1 aromatic rings. The number of carbonyl (C=O) groups is 1. The van der Waals surface area contributed by atoms with Crippen molar-refractivity contribution in [2.45, 2.75) is 17.1 Å². The first kappa shape index (κ1) is 10.8. The van der Waals surface area contributed by atoms with E-state index in [2.05, 4.69) is 0 Å². The molecule has 0 aliphatic carbocycles. The van der Waals surface area contributed by atoms with Gasteiger partial charge in [-0.15, -0.1) is 0 Å². The van der Waals surface area contributed by atoms with E-state index in [1.165, 1.54) is 25.1 Å².